The molecule has 0 saturated heterocycles. The summed E-state index contributed by atoms with van der Waals surface area (Å²) in [5.74, 6) is 0.215. The predicted molar refractivity (Wildman–Crippen MR) is 51.1 cm³/mol. The van der Waals surface area contributed by atoms with Crippen molar-refractivity contribution in [3.05, 3.63) is 28.8 Å². The van der Waals surface area contributed by atoms with Gasteiger partial charge in [-0.2, -0.15) is 0 Å². The van der Waals surface area contributed by atoms with Crippen LogP contribution in [0.25, 0.3) is 0 Å². The van der Waals surface area contributed by atoms with Crippen LogP contribution in [0.3, 0.4) is 0 Å². The van der Waals surface area contributed by atoms with Crippen molar-refractivity contribution in [2.75, 3.05) is 0 Å². The number of ketones is 1. The molecule has 2 rings (SSSR count). The van der Waals surface area contributed by atoms with E-state index in [1.807, 2.05) is 13.0 Å². The Balaban J connectivity index is 2.54. The molecule has 1 aromatic carbocycles. The Kier molecular flexibility index (Phi) is 1.89. The summed E-state index contributed by atoms with van der Waals surface area (Å²) in [6.45, 7) is 1.92. The molecule has 0 amide bonds. The van der Waals surface area contributed by atoms with Gasteiger partial charge >= 0.3 is 0 Å². The van der Waals surface area contributed by atoms with E-state index < -0.39 is 0 Å². The van der Waals surface area contributed by atoms with Gasteiger partial charge in [0, 0.05) is 15.5 Å². The summed E-state index contributed by atoms with van der Waals surface area (Å²) in [5.41, 5.74) is 0.817. The normalized spacial score (nSPS) is 21.2. The Bertz CT molecular complexity index is 348. The van der Waals surface area contributed by atoms with E-state index in [-0.39, 0.29) is 11.0 Å². The quantitative estimate of drug-likeness (QED) is 0.638. The molecule has 0 fully saturated rings. The summed E-state index contributed by atoms with van der Waals surface area (Å²) in [4.78, 5) is 12.5. The smallest absolute Gasteiger partial charge is 0.177 e. The van der Waals surface area contributed by atoms with Gasteiger partial charge in [0.1, 0.15) is 0 Å². The SMILES string of the molecule is CC1Sc2cc(Cl)ccc2C1=O. The van der Waals surface area contributed by atoms with Gasteiger partial charge in [0.25, 0.3) is 0 Å². The fourth-order valence-electron chi connectivity index (χ4n) is 1.26. The highest BCUT2D eigenvalue weighted by Crippen LogP contribution is 2.37. The third kappa shape index (κ3) is 1.15. The summed E-state index contributed by atoms with van der Waals surface area (Å²) in [6.07, 6.45) is 0. The molecular formula is C9H7ClOS. The highest BCUT2D eigenvalue weighted by atomic mass is 35.5. The number of Topliss-reactive ketones (excluding diaryl/α,β-unsaturated/α-hetero) is 1. The Hall–Kier alpha value is -0.470. The molecule has 1 aliphatic heterocycles. The fraction of sp³-hybridized carbons (Fsp3) is 0.222. The molecule has 0 radical (unpaired) electrons. The number of carbonyl (C=O) groups is 1. The molecule has 1 nitrogen and oxygen atoms in total. The molecule has 0 spiro atoms. The topological polar surface area (TPSA) is 17.1 Å². The van der Waals surface area contributed by atoms with Gasteiger partial charge in [-0.05, 0) is 25.1 Å². The molecule has 0 aliphatic carbocycles. The van der Waals surface area contributed by atoms with E-state index in [4.69, 9.17) is 11.6 Å². The number of carbonyl (C=O) groups excluding carboxylic acids is 1. The highest BCUT2D eigenvalue weighted by Gasteiger charge is 2.27. The minimum Gasteiger partial charge on any atom is -0.293 e. The monoisotopic (exact) mass is 198 g/mol. The lowest BCUT2D eigenvalue weighted by molar-refractivity contribution is 0.0996. The molecule has 62 valence electrons. The van der Waals surface area contributed by atoms with Crippen molar-refractivity contribution in [3.8, 4) is 0 Å². The second-order valence-electron chi connectivity index (χ2n) is 2.76. The summed E-state index contributed by atoms with van der Waals surface area (Å²) in [7, 11) is 0. The van der Waals surface area contributed by atoms with E-state index in [1.165, 1.54) is 0 Å². The van der Waals surface area contributed by atoms with Gasteiger partial charge in [-0.25, -0.2) is 0 Å². The van der Waals surface area contributed by atoms with E-state index in [0.717, 1.165) is 10.5 Å². The van der Waals surface area contributed by atoms with Crippen molar-refractivity contribution < 1.29 is 4.79 Å². The lowest BCUT2D eigenvalue weighted by Gasteiger charge is -1.94. The van der Waals surface area contributed by atoms with Gasteiger partial charge in [0.15, 0.2) is 5.78 Å². The average Bonchev–Trinajstić information content (AvgIpc) is 2.28. The van der Waals surface area contributed by atoms with Crippen LogP contribution in [0.4, 0.5) is 0 Å². The van der Waals surface area contributed by atoms with Crippen molar-refractivity contribution in [2.45, 2.75) is 17.1 Å². The molecule has 0 N–H and O–H groups in total. The van der Waals surface area contributed by atoms with E-state index in [0.29, 0.717) is 5.02 Å². The van der Waals surface area contributed by atoms with Gasteiger partial charge in [-0.1, -0.05) is 11.6 Å². The van der Waals surface area contributed by atoms with Crippen LogP contribution in [0.5, 0.6) is 0 Å². The highest BCUT2D eigenvalue weighted by molar-refractivity contribution is 8.01. The molecule has 3 heteroatoms. The number of rotatable bonds is 0. The predicted octanol–water partition coefficient (Wildman–Crippen LogP) is 3.02. The van der Waals surface area contributed by atoms with E-state index in [9.17, 15) is 4.79 Å². The maximum Gasteiger partial charge on any atom is 0.177 e. The van der Waals surface area contributed by atoms with Crippen LogP contribution in [0, 0.1) is 0 Å². The fourth-order valence-corrected chi connectivity index (χ4v) is 2.60. The largest absolute Gasteiger partial charge is 0.293 e. The maximum atomic E-state index is 11.4. The number of hydrogen-bond acceptors (Lipinski definition) is 2. The van der Waals surface area contributed by atoms with E-state index in [1.54, 1.807) is 23.9 Å². The Labute approximate surface area is 80.1 Å². The molecule has 0 aromatic heterocycles. The lowest BCUT2D eigenvalue weighted by Crippen LogP contribution is -2.05. The van der Waals surface area contributed by atoms with Gasteiger partial charge in [-0.3, -0.25) is 4.79 Å². The van der Waals surface area contributed by atoms with Crippen LogP contribution in [0.2, 0.25) is 5.02 Å². The summed E-state index contributed by atoms with van der Waals surface area (Å²) in [6, 6.07) is 5.41. The number of thioether (sulfide) groups is 1. The van der Waals surface area contributed by atoms with Crippen LogP contribution >= 0.6 is 23.4 Å². The summed E-state index contributed by atoms with van der Waals surface area (Å²) < 4.78 is 0. The second-order valence-corrected chi connectivity index (χ2v) is 4.58. The Morgan fingerprint density at radius 2 is 2.25 bits per heavy atom. The molecule has 1 aliphatic rings. The number of benzene rings is 1. The minimum absolute atomic E-state index is 0.0541. The molecule has 1 heterocycles. The van der Waals surface area contributed by atoms with E-state index >= 15 is 0 Å². The second kappa shape index (κ2) is 2.79. The zero-order valence-corrected chi connectivity index (χ0v) is 8.08. The van der Waals surface area contributed by atoms with Crippen molar-refractivity contribution >= 4 is 29.1 Å². The lowest BCUT2D eigenvalue weighted by atomic mass is 10.1. The Morgan fingerprint density at radius 1 is 1.50 bits per heavy atom. The number of halogens is 1. The molecule has 12 heavy (non-hydrogen) atoms. The first-order valence-corrected chi connectivity index (χ1v) is 4.94. The van der Waals surface area contributed by atoms with Crippen molar-refractivity contribution in [1.82, 2.24) is 0 Å². The maximum absolute atomic E-state index is 11.4. The van der Waals surface area contributed by atoms with Crippen LogP contribution in [0.15, 0.2) is 23.1 Å². The van der Waals surface area contributed by atoms with Gasteiger partial charge < -0.3 is 0 Å². The van der Waals surface area contributed by atoms with Gasteiger partial charge in [0.2, 0.25) is 0 Å². The zero-order chi connectivity index (χ0) is 8.72. The molecule has 1 unspecified atom stereocenters. The Morgan fingerprint density at radius 3 is 3.00 bits per heavy atom. The molecule has 1 aromatic rings. The molecule has 0 saturated carbocycles. The third-order valence-electron chi connectivity index (χ3n) is 1.88. The van der Waals surface area contributed by atoms with Crippen LogP contribution in [0.1, 0.15) is 17.3 Å². The minimum atomic E-state index is 0.0541. The number of hydrogen-bond donors (Lipinski definition) is 0. The van der Waals surface area contributed by atoms with Crippen LogP contribution in [-0.2, 0) is 0 Å². The number of fused-ring (bicyclic) bond motifs is 1. The molecular weight excluding hydrogens is 192 g/mol. The summed E-state index contributed by atoms with van der Waals surface area (Å²) >= 11 is 7.37. The van der Waals surface area contributed by atoms with Crippen molar-refractivity contribution in [1.29, 1.82) is 0 Å². The van der Waals surface area contributed by atoms with Gasteiger partial charge in [-0.15, -0.1) is 11.8 Å². The summed E-state index contributed by atoms with van der Waals surface area (Å²) in [5, 5.41) is 0.751. The van der Waals surface area contributed by atoms with E-state index in [2.05, 4.69) is 0 Å². The van der Waals surface area contributed by atoms with Crippen LogP contribution in [-0.4, -0.2) is 11.0 Å². The first-order valence-electron chi connectivity index (χ1n) is 3.69. The average molecular weight is 199 g/mol. The van der Waals surface area contributed by atoms with Gasteiger partial charge in [0.05, 0.1) is 5.25 Å². The first-order chi connectivity index (χ1) is 5.68. The molecule has 1 atom stereocenters. The standard InChI is InChI=1S/C9H7ClOS/c1-5-9(11)7-3-2-6(10)4-8(7)12-5/h2-5H,1H3. The van der Waals surface area contributed by atoms with Crippen molar-refractivity contribution in [2.24, 2.45) is 0 Å². The zero-order valence-electron chi connectivity index (χ0n) is 6.50. The third-order valence-corrected chi connectivity index (χ3v) is 3.28. The molecule has 0 bridgehead atoms. The van der Waals surface area contributed by atoms with Crippen LogP contribution < -0.4 is 0 Å². The first kappa shape index (κ1) is 8.14. The van der Waals surface area contributed by atoms with Crippen molar-refractivity contribution in [3.63, 3.8) is 0 Å².